The molecule has 0 saturated carbocycles. The minimum absolute atomic E-state index is 0.0683. The minimum atomic E-state index is -0.547. The number of rotatable bonds is 6. The molecular weight excluding hydrogens is 306 g/mol. The van der Waals surface area contributed by atoms with Crippen molar-refractivity contribution in [2.45, 2.75) is 43.8 Å². The standard InChI is InChI=1S/C15H19NO5S/c1-10(2)21-15(17)11-5-6-14(13(8-11)16(18)19)22-9-12-4-3-7-20-12/h5-6,8,10,12H,3-4,7,9H2,1-2H3. The van der Waals surface area contributed by atoms with Crippen molar-refractivity contribution >= 4 is 23.4 Å². The number of thioether (sulfide) groups is 1. The lowest BCUT2D eigenvalue weighted by Crippen LogP contribution is -2.12. The van der Waals surface area contributed by atoms with Crippen LogP contribution < -0.4 is 0 Å². The van der Waals surface area contributed by atoms with E-state index in [0.29, 0.717) is 10.6 Å². The van der Waals surface area contributed by atoms with E-state index in [-0.39, 0.29) is 23.5 Å². The van der Waals surface area contributed by atoms with Gasteiger partial charge in [0.25, 0.3) is 5.69 Å². The maximum Gasteiger partial charge on any atom is 0.338 e. The molecule has 1 aromatic rings. The molecule has 1 aliphatic heterocycles. The molecule has 1 heterocycles. The van der Waals surface area contributed by atoms with Crippen molar-refractivity contribution in [3.8, 4) is 0 Å². The van der Waals surface area contributed by atoms with Gasteiger partial charge in [-0.25, -0.2) is 4.79 Å². The first-order valence-corrected chi connectivity index (χ1v) is 8.19. The highest BCUT2D eigenvalue weighted by molar-refractivity contribution is 7.99. The van der Waals surface area contributed by atoms with Crippen molar-refractivity contribution in [2.24, 2.45) is 0 Å². The maximum atomic E-state index is 11.8. The van der Waals surface area contributed by atoms with Crippen LogP contribution in [0, 0.1) is 10.1 Å². The number of carbonyl (C=O) groups is 1. The minimum Gasteiger partial charge on any atom is -0.459 e. The fourth-order valence-electron chi connectivity index (χ4n) is 2.15. The van der Waals surface area contributed by atoms with E-state index < -0.39 is 10.9 Å². The summed E-state index contributed by atoms with van der Waals surface area (Å²) in [6.07, 6.45) is 1.91. The van der Waals surface area contributed by atoms with E-state index in [0.717, 1.165) is 19.4 Å². The van der Waals surface area contributed by atoms with Crippen LogP contribution >= 0.6 is 11.8 Å². The molecule has 7 heteroatoms. The van der Waals surface area contributed by atoms with E-state index in [4.69, 9.17) is 9.47 Å². The van der Waals surface area contributed by atoms with Crippen LogP contribution in [0.5, 0.6) is 0 Å². The van der Waals surface area contributed by atoms with Gasteiger partial charge in [-0.05, 0) is 38.8 Å². The van der Waals surface area contributed by atoms with Gasteiger partial charge in [-0.2, -0.15) is 0 Å². The predicted molar refractivity (Wildman–Crippen MR) is 83.3 cm³/mol. The fourth-order valence-corrected chi connectivity index (χ4v) is 3.22. The molecule has 0 radical (unpaired) electrons. The average Bonchev–Trinajstić information content (AvgIpc) is 2.97. The molecule has 1 aromatic carbocycles. The molecule has 0 bridgehead atoms. The van der Waals surface area contributed by atoms with Crippen molar-refractivity contribution in [1.29, 1.82) is 0 Å². The Morgan fingerprint density at radius 2 is 2.32 bits per heavy atom. The van der Waals surface area contributed by atoms with Crippen LogP contribution in [0.25, 0.3) is 0 Å². The molecule has 22 heavy (non-hydrogen) atoms. The van der Waals surface area contributed by atoms with Gasteiger partial charge in [0, 0.05) is 18.4 Å². The third-order valence-corrected chi connectivity index (χ3v) is 4.38. The van der Waals surface area contributed by atoms with Crippen LogP contribution in [-0.4, -0.2) is 35.5 Å². The molecule has 0 amide bonds. The zero-order valence-corrected chi connectivity index (χ0v) is 13.4. The molecule has 6 nitrogen and oxygen atoms in total. The number of nitro benzene ring substituents is 1. The molecular formula is C15H19NO5S. The second-order valence-corrected chi connectivity index (χ2v) is 6.40. The number of hydrogen-bond acceptors (Lipinski definition) is 6. The van der Waals surface area contributed by atoms with Crippen molar-refractivity contribution in [3.63, 3.8) is 0 Å². The summed E-state index contributed by atoms with van der Waals surface area (Å²) < 4.78 is 10.6. The Kier molecular flexibility index (Phi) is 5.79. The van der Waals surface area contributed by atoms with Gasteiger partial charge in [0.15, 0.2) is 0 Å². The Balaban J connectivity index is 2.12. The third-order valence-electron chi connectivity index (χ3n) is 3.18. The SMILES string of the molecule is CC(C)OC(=O)c1ccc(SCC2CCCO2)c([N+](=O)[O-])c1. The van der Waals surface area contributed by atoms with Crippen LogP contribution in [0.15, 0.2) is 23.1 Å². The van der Waals surface area contributed by atoms with Crippen LogP contribution in [0.4, 0.5) is 5.69 Å². The summed E-state index contributed by atoms with van der Waals surface area (Å²) in [5, 5.41) is 11.2. The van der Waals surface area contributed by atoms with Gasteiger partial charge in [-0.1, -0.05) is 0 Å². The number of nitro groups is 1. The lowest BCUT2D eigenvalue weighted by atomic mass is 10.2. The summed E-state index contributed by atoms with van der Waals surface area (Å²) in [6, 6.07) is 4.45. The highest BCUT2D eigenvalue weighted by Crippen LogP contribution is 2.32. The van der Waals surface area contributed by atoms with Crippen LogP contribution in [0.1, 0.15) is 37.0 Å². The van der Waals surface area contributed by atoms with Crippen molar-refractivity contribution in [1.82, 2.24) is 0 Å². The summed E-state index contributed by atoms with van der Waals surface area (Å²) in [7, 11) is 0. The van der Waals surface area contributed by atoms with E-state index in [1.54, 1.807) is 26.0 Å². The smallest absolute Gasteiger partial charge is 0.338 e. The summed E-state index contributed by atoms with van der Waals surface area (Å²) in [5.74, 6) is 0.130. The van der Waals surface area contributed by atoms with Gasteiger partial charge in [0.1, 0.15) is 0 Å². The highest BCUT2D eigenvalue weighted by Gasteiger charge is 2.22. The van der Waals surface area contributed by atoms with Gasteiger partial charge in [-0.3, -0.25) is 10.1 Å². The number of hydrogen-bond donors (Lipinski definition) is 0. The quantitative estimate of drug-likeness (QED) is 0.345. The summed E-state index contributed by atoms with van der Waals surface area (Å²) in [5.41, 5.74) is 0.128. The van der Waals surface area contributed by atoms with Gasteiger partial charge >= 0.3 is 5.97 Å². The Bertz CT molecular complexity index is 555. The summed E-state index contributed by atoms with van der Waals surface area (Å²) in [6.45, 7) is 4.23. The Labute approximate surface area is 133 Å². The maximum absolute atomic E-state index is 11.8. The Morgan fingerprint density at radius 3 is 2.91 bits per heavy atom. The molecule has 0 N–H and O–H groups in total. The van der Waals surface area contributed by atoms with Gasteiger partial charge in [0.05, 0.1) is 27.6 Å². The molecule has 2 rings (SSSR count). The van der Waals surface area contributed by atoms with Crippen molar-refractivity contribution < 1.29 is 19.2 Å². The molecule has 0 aliphatic carbocycles. The lowest BCUT2D eigenvalue weighted by Gasteiger charge is -2.10. The number of ether oxygens (including phenoxy) is 2. The first kappa shape index (κ1) is 16.8. The first-order valence-electron chi connectivity index (χ1n) is 7.21. The molecule has 1 fully saturated rings. The highest BCUT2D eigenvalue weighted by atomic mass is 32.2. The van der Waals surface area contributed by atoms with Gasteiger partial charge in [-0.15, -0.1) is 11.8 Å². The van der Waals surface area contributed by atoms with E-state index >= 15 is 0 Å². The van der Waals surface area contributed by atoms with E-state index in [1.165, 1.54) is 17.8 Å². The fraction of sp³-hybridized carbons (Fsp3) is 0.533. The Morgan fingerprint density at radius 1 is 1.55 bits per heavy atom. The van der Waals surface area contributed by atoms with E-state index in [1.807, 2.05) is 0 Å². The van der Waals surface area contributed by atoms with Crippen LogP contribution in [0.3, 0.4) is 0 Å². The number of carbonyl (C=O) groups excluding carboxylic acids is 1. The Hall–Kier alpha value is -1.60. The normalized spacial score (nSPS) is 17.7. The number of esters is 1. The second kappa shape index (κ2) is 7.60. The molecule has 1 aliphatic rings. The zero-order valence-electron chi connectivity index (χ0n) is 12.6. The summed E-state index contributed by atoms with van der Waals surface area (Å²) in [4.78, 5) is 23.1. The summed E-state index contributed by atoms with van der Waals surface area (Å²) >= 11 is 1.39. The number of nitrogens with zero attached hydrogens (tertiary/aromatic N) is 1. The van der Waals surface area contributed by atoms with Crippen LogP contribution in [0.2, 0.25) is 0 Å². The van der Waals surface area contributed by atoms with Gasteiger partial charge in [0.2, 0.25) is 0 Å². The molecule has 0 spiro atoms. The molecule has 0 aromatic heterocycles. The largest absolute Gasteiger partial charge is 0.459 e. The molecule has 1 unspecified atom stereocenters. The molecule has 1 saturated heterocycles. The van der Waals surface area contributed by atoms with Crippen molar-refractivity contribution in [2.75, 3.05) is 12.4 Å². The van der Waals surface area contributed by atoms with Crippen molar-refractivity contribution in [3.05, 3.63) is 33.9 Å². The number of benzene rings is 1. The molecule has 1 atom stereocenters. The lowest BCUT2D eigenvalue weighted by molar-refractivity contribution is -0.387. The first-order chi connectivity index (χ1) is 10.5. The molecule has 120 valence electrons. The third kappa shape index (κ3) is 4.45. The average molecular weight is 325 g/mol. The topological polar surface area (TPSA) is 78.7 Å². The second-order valence-electron chi connectivity index (χ2n) is 5.34. The van der Waals surface area contributed by atoms with E-state index in [9.17, 15) is 14.9 Å². The van der Waals surface area contributed by atoms with E-state index in [2.05, 4.69) is 0 Å². The predicted octanol–water partition coefficient (Wildman–Crippen LogP) is 3.43. The van der Waals surface area contributed by atoms with Gasteiger partial charge < -0.3 is 9.47 Å². The monoisotopic (exact) mass is 325 g/mol. The van der Waals surface area contributed by atoms with Crippen LogP contribution in [-0.2, 0) is 9.47 Å². The zero-order chi connectivity index (χ0) is 16.1.